The minimum absolute atomic E-state index is 0.0385. The smallest absolute Gasteiger partial charge is 0.230 e. The Labute approximate surface area is 303 Å². The molecule has 4 atom stereocenters. The first kappa shape index (κ1) is 35.3. The Bertz CT molecular complexity index is 1960. The first-order chi connectivity index (χ1) is 24.8. The van der Waals surface area contributed by atoms with Crippen molar-refractivity contribution in [2.75, 3.05) is 52.4 Å². The number of nitrogens with one attached hydrogen (secondary N) is 2. The van der Waals surface area contributed by atoms with Gasteiger partial charge in [0.05, 0.1) is 11.8 Å². The molecule has 2 aliphatic heterocycles. The third-order valence-electron chi connectivity index (χ3n) is 11.9. The van der Waals surface area contributed by atoms with Gasteiger partial charge in [-0.1, -0.05) is 50.3 Å². The van der Waals surface area contributed by atoms with E-state index in [2.05, 4.69) is 122 Å². The maximum Gasteiger partial charge on any atom is 0.230 e. The molecule has 2 aliphatic carbocycles. The van der Waals surface area contributed by atoms with E-state index in [4.69, 9.17) is 0 Å². The zero-order valence-electron chi connectivity index (χ0n) is 31.5. The molecule has 0 spiro atoms. The van der Waals surface area contributed by atoms with Gasteiger partial charge in [0.25, 0.3) is 0 Å². The van der Waals surface area contributed by atoms with E-state index in [1.54, 1.807) is 0 Å². The summed E-state index contributed by atoms with van der Waals surface area (Å²) in [7, 11) is 0. The average molecular weight is 689 g/mol. The van der Waals surface area contributed by atoms with Crippen molar-refractivity contribution >= 4 is 44.8 Å². The Morgan fingerprint density at radius 2 is 1.12 bits per heavy atom. The summed E-state index contributed by atoms with van der Waals surface area (Å²) in [6.45, 7) is 19.5. The van der Waals surface area contributed by atoms with Crippen LogP contribution in [-0.4, -0.2) is 106 Å². The summed E-state index contributed by atoms with van der Waals surface area (Å²) >= 11 is 0. The summed E-state index contributed by atoms with van der Waals surface area (Å²) in [6.07, 6.45) is 12.1. The second kappa shape index (κ2) is 14.8. The maximum atomic E-state index is 13.1. The molecule has 0 radical (unpaired) electrons. The van der Waals surface area contributed by atoms with Crippen molar-refractivity contribution < 1.29 is 9.59 Å². The van der Waals surface area contributed by atoms with Crippen LogP contribution in [0.5, 0.6) is 0 Å². The molecular formula is C43H56N6O2. The molecule has 0 saturated carbocycles. The Morgan fingerprint density at radius 3 is 1.55 bits per heavy atom. The van der Waals surface area contributed by atoms with Crippen LogP contribution in [0.3, 0.4) is 0 Å². The van der Waals surface area contributed by atoms with Gasteiger partial charge in [0, 0.05) is 85.6 Å². The number of amides is 2. The van der Waals surface area contributed by atoms with Crippen molar-refractivity contribution in [3.05, 3.63) is 83.2 Å². The molecule has 2 aromatic carbocycles. The highest BCUT2D eigenvalue weighted by atomic mass is 16.2. The number of carbonyl (C=O) groups is 2. The third-order valence-corrected chi connectivity index (χ3v) is 11.9. The molecule has 8 heteroatoms. The van der Waals surface area contributed by atoms with Crippen molar-refractivity contribution in [3.8, 4) is 0 Å². The van der Waals surface area contributed by atoms with Crippen LogP contribution in [0.4, 0.5) is 0 Å². The lowest BCUT2D eigenvalue weighted by molar-refractivity contribution is -0.135. The van der Waals surface area contributed by atoms with Crippen LogP contribution >= 0.6 is 0 Å². The number of nitrogens with zero attached hydrogens (tertiary/aromatic N) is 4. The lowest BCUT2D eigenvalue weighted by Gasteiger charge is -2.42. The van der Waals surface area contributed by atoms with Gasteiger partial charge in [-0.3, -0.25) is 19.4 Å². The Kier molecular flexibility index (Phi) is 10.3. The zero-order valence-corrected chi connectivity index (χ0v) is 31.5. The average Bonchev–Trinajstić information content (AvgIpc) is 3.78. The molecule has 0 fully saturated rings. The number of carbonyl (C=O) groups excluding carboxylic acids is 2. The Balaban J connectivity index is 0.000000159. The normalized spacial score (nSPS) is 22.4. The standard InChI is InChI=1S/C22H29N3O.C21H27N3O/c1-4-10-25-14-16(22(26)24(5-2)6-3)11-18-17-8-7-9-19-21(17)15(13-23-19)12-20(18)25;1-4-23(5-2)21(25)15-10-17-16-8-7-9-18-20(16)14(12-22-18)11-19(17)24(6-3)13-15/h7-9,11,13,16,20,23H,4-6,10,12,14H2,1-3H3;7-10,12,15,19,22H,4-6,11,13H2,1-3H3/t16-,20-;15-,19-/m11/s1. The number of aromatic amines is 2. The fraction of sp³-hybridized carbons (Fsp3) is 0.488. The van der Waals surface area contributed by atoms with Crippen molar-refractivity contribution in [1.82, 2.24) is 29.6 Å². The van der Waals surface area contributed by atoms with Gasteiger partial charge in [0.1, 0.15) is 0 Å². The van der Waals surface area contributed by atoms with E-state index in [1.165, 1.54) is 55.2 Å². The van der Waals surface area contributed by atoms with Crippen LogP contribution in [-0.2, 0) is 22.4 Å². The minimum Gasteiger partial charge on any atom is -0.361 e. The second-order valence-electron chi connectivity index (χ2n) is 14.6. The van der Waals surface area contributed by atoms with Gasteiger partial charge in [0.15, 0.2) is 0 Å². The molecule has 0 bridgehead atoms. The van der Waals surface area contributed by atoms with Crippen molar-refractivity contribution in [2.24, 2.45) is 11.8 Å². The number of likely N-dealkylation sites (N-methyl/N-ethyl adjacent to an activating group) is 1. The van der Waals surface area contributed by atoms with Gasteiger partial charge in [-0.2, -0.15) is 0 Å². The fourth-order valence-electron chi connectivity index (χ4n) is 9.38. The molecule has 270 valence electrons. The van der Waals surface area contributed by atoms with Crippen LogP contribution < -0.4 is 0 Å². The van der Waals surface area contributed by atoms with Gasteiger partial charge >= 0.3 is 0 Å². The number of hydrogen-bond donors (Lipinski definition) is 2. The van der Waals surface area contributed by atoms with Gasteiger partial charge in [-0.15, -0.1) is 0 Å². The van der Waals surface area contributed by atoms with E-state index in [1.807, 2.05) is 9.80 Å². The van der Waals surface area contributed by atoms with Crippen LogP contribution in [0.15, 0.2) is 60.9 Å². The number of benzene rings is 2. The number of H-pyrrole nitrogens is 2. The summed E-state index contributed by atoms with van der Waals surface area (Å²) in [5.41, 5.74) is 10.5. The molecule has 8 nitrogen and oxygen atoms in total. The van der Waals surface area contributed by atoms with E-state index in [9.17, 15) is 9.59 Å². The molecule has 51 heavy (non-hydrogen) atoms. The highest BCUT2D eigenvalue weighted by Crippen LogP contribution is 2.43. The van der Waals surface area contributed by atoms with Gasteiger partial charge in [0.2, 0.25) is 11.8 Å². The van der Waals surface area contributed by atoms with E-state index in [0.29, 0.717) is 12.1 Å². The molecule has 4 heterocycles. The molecule has 0 saturated heterocycles. The van der Waals surface area contributed by atoms with Crippen LogP contribution in [0.2, 0.25) is 0 Å². The van der Waals surface area contributed by atoms with Gasteiger partial charge in [-0.05, 0) is 106 Å². The van der Waals surface area contributed by atoms with Crippen LogP contribution in [0.25, 0.3) is 33.0 Å². The molecular weight excluding hydrogens is 633 g/mol. The summed E-state index contributed by atoms with van der Waals surface area (Å²) in [4.78, 5) is 41.8. The first-order valence-corrected chi connectivity index (χ1v) is 19.5. The van der Waals surface area contributed by atoms with Gasteiger partial charge in [-0.25, -0.2) is 0 Å². The van der Waals surface area contributed by atoms with E-state index >= 15 is 0 Å². The highest BCUT2D eigenvalue weighted by molar-refractivity contribution is 6.00. The minimum atomic E-state index is -0.0400. The topological polar surface area (TPSA) is 78.7 Å². The van der Waals surface area contributed by atoms with Crippen molar-refractivity contribution in [3.63, 3.8) is 0 Å². The molecule has 2 aromatic heterocycles. The highest BCUT2D eigenvalue weighted by Gasteiger charge is 2.39. The summed E-state index contributed by atoms with van der Waals surface area (Å²) < 4.78 is 0. The fourth-order valence-corrected chi connectivity index (χ4v) is 9.38. The molecule has 0 unspecified atom stereocenters. The number of fused-ring (bicyclic) bond motifs is 4. The Hall–Kier alpha value is -4.14. The van der Waals surface area contributed by atoms with E-state index < -0.39 is 0 Å². The summed E-state index contributed by atoms with van der Waals surface area (Å²) in [5.74, 6) is 0.459. The Morgan fingerprint density at radius 1 is 0.667 bits per heavy atom. The number of aromatic nitrogens is 2. The number of hydrogen-bond acceptors (Lipinski definition) is 4. The quantitative estimate of drug-likeness (QED) is 0.199. The first-order valence-electron chi connectivity index (χ1n) is 19.5. The lowest BCUT2D eigenvalue weighted by atomic mass is 9.79. The zero-order chi connectivity index (χ0) is 35.8. The molecule has 2 N–H and O–H groups in total. The SMILES string of the molecule is CCCN1C[C@H](C(=O)N(CC)CC)C=C2c3cccc4[nH]cc(c34)C[C@H]21.CCN(CC)C(=O)[C@@H]1C=C2c3cccc4[nH]cc(c34)C[C@H]2N(CC)C1. The number of rotatable bonds is 9. The largest absolute Gasteiger partial charge is 0.361 e. The van der Waals surface area contributed by atoms with Crippen molar-refractivity contribution in [1.29, 1.82) is 0 Å². The lowest BCUT2D eigenvalue weighted by Crippen LogP contribution is -2.49. The van der Waals surface area contributed by atoms with E-state index in [0.717, 1.165) is 71.6 Å². The van der Waals surface area contributed by atoms with E-state index in [-0.39, 0.29) is 23.7 Å². The summed E-state index contributed by atoms with van der Waals surface area (Å²) in [6, 6.07) is 13.8. The molecule has 4 aliphatic rings. The third kappa shape index (κ3) is 6.24. The predicted molar refractivity (Wildman–Crippen MR) is 209 cm³/mol. The second-order valence-corrected chi connectivity index (χ2v) is 14.6. The van der Waals surface area contributed by atoms with Crippen LogP contribution in [0.1, 0.15) is 70.2 Å². The van der Waals surface area contributed by atoms with Crippen LogP contribution in [0, 0.1) is 11.8 Å². The maximum absolute atomic E-state index is 13.1. The monoisotopic (exact) mass is 688 g/mol. The van der Waals surface area contributed by atoms with Gasteiger partial charge < -0.3 is 19.8 Å². The predicted octanol–water partition coefficient (Wildman–Crippen LogP) is 6.98. The van der Waals surface area contributed by atoms with Crippen molar-refractivity contribution in [2.45, 2.75) is 72.9 Å². The molecule has 2 amide bonds. The molecule has 4 aromatic rings. The summed E-state index contributed by atoms with van der Waals surface area (Å²) in [5, 5.41) is 2.69. The molecule has 8 rings (SSSR count).